The Balaban J connectivity index is 3.23. The first-order valence-corrected chi connectivity index (χ1v) is 4.94. The molecule has 0 bridgehead atoms. The van der Waals surface area contributed by atoms with Crippen LogP contribution in [0.2, 0.25) is 0 Å². The van der Waals surface area contributed by atoms with Gasteiger partial charge < -0.3 is 10.5 Å². The molecule has 0 unspecified atom stereocenters. The smallest absolute Gasteiger partial charge is 0.417 e. The first kappa shape index (κ1) is 12.2. The van der Waals surface area contributed by atoms with Crippen molar-refractivity contribution in [1.82, 2.24) is 0 Å². The lowest BCUT2D eigenvalue weighted by Crippen LogP contribution is -2.08. The summed E-state index contributed by atoms with van der Waals surface area (Å²) in [7, 11) is 0. The topological polar surface area (TPSA) is 35.2 Å². The van der Waals surface area contributed by atoms with E-state index in [9.17, 15) is 13.2 Å². The molecule has 0 aliphatic heterocycles. The minimum Gasteiger partial charge on any atom is -0.492 e. The molecule has 0 saturated heterocycles. The summed E-state index contributed by atoms with van der Waals surface area (Å²) >= 11 is 2.81. The molecule has 2 nitrogen and oxygen atoms in total. The number of halogens is 4. The minimum atomic E-state index is -4.42. The molecule has 0 fully saturated rings. The van der Waals surface area contributed by atoms with Crippen molar-refractivity contribution in [2.75, 3.05) is 12.3 Å². The van der Waals surface area contributed by atoms with E-state index in [0.29, 0.717) is 0 Å². The van der Waals surface area contributed by atoms with Crippen molar-refractivity contribution >= 4 is 21.6 Å². The molecule has 0 aliphatic rings. The van der Waals surface area contributed by atoms with Crippen LogP contribution in [0.15, 0.2) is 16.6 Å². The Morgan fingerprint density at radius 3 is 2.47 bits per heavy atom. The molecule has 1 rings (SSSR count). The summed E-state index contributed by atoms with van der Waals surface area (Å²) in [5.41, 5.74) is 4.88. The number of hydrogen-bond donors (Lipinski definition) is 1. The van der Waals surface area contributed by atoms with Gasteiger partial charge in [-0.1, -0.05) is 15.9 Å². The monoisotopic (exact) mass is 283 g/mol. The molecule has 1 aromatic rings. The number of nitrogens with two attached hydrogens (primary N) is 1. The Hall–Kier alpha value is -0.910. The van der Waals surface area contributed by atoms with Gasteiger partial charge in [-0.2, -0.15) is 13.2 Å². The molecule has 0 atom stereocenters. The molecular formula is C9H9BrF3NO. The maximum atomic E-state index is 12.5. The zero-order chi connectivity index (χ0) is 11.6. The van der Waals surface area contributed by atoms with E-state index in [1.165, 1.54) is 6.07 Å². The van der Waals surface area contributed by atoms with Crippen LogP contribution in [0.5, 0.6) is 5.75 Å². The van der Waals surface area contributed by atoms with Crippen LogP contribution in [0, 0.1) is 0 Å². The van der Waals surface area contributed by atoms with E-state index in [-0.39, 0.29) is 22.5 Å². The molecule has 0 saturated carbocycles. The number of nitrogen functional groups attached to an aromatic ring is 1. The molecule has 0 radical (unpaired) electrons. The van der Waals surface area contributed by atoms with Crippen molar-refractivity contribution in [3.63, 3.8) is 0 Å². The molecule has 0 amide bonds. The Kier molecular flexibility index (Phi) is 3.49. The van der Waals surface area contributed by atoms with E-state index in [1.807, 2.05) is 0 Å². The molecule has 1 aromatic carbocycles. The predicted octanol–water partition coefficient (Wildman–Crippen LogP) is 3.45. The molecular weight excluding hydrogens is 275 g/mol. The maximum absolute atomic E-state index is 12.5. The minimum absolute atomic E-state index is 0.0491. The highest BCUT2D eigenvalue weighted by Gasteiger charge is 2.33. The van der Waals surface area contributed by atoms with Gasteiger partial charge >= 0.3 is 6.18 Å². The van der Waals surface area contributed by atoms with Crippen molar-refractivity contribution in [2.24, 2.45) is 0 Å². The Morgan fingerprint density at radius 2 is 2.00 bits per heavy atom. The van der Waals surface area contributed by atoms with Gasteiger partial charge in [0.25, 0.3) is 0 Å². The lowest BCUT2D eigenvalue weighted by atomic mass is 10.2. The van der Waals surface area contributed by atoms with Crippen LogP contribution in [0.3, 0.4) is 0 Å². The molecule has 0 aliphatic carbocycles. The number of alkyl halides is 3. The van der Waals surface area contributed by atoms with Gasteiger partial charge in [0.05, 0.1) is 17.9 Å². The molecule has 15 heavy (non-hydrogen) atoms. The van der Waals surface area contributed by atoms with Crippen LogP contribution in [0.25, 0.3) is 0 Å². The SMILES string of the molecule is CCOc1cc(C(F)(F)F)c(Br)cc1N. The Bertz CT molecular complexity index is 365. The quantitative estimate of drug-likeness (QED) is 0.844. The second-order valence-corrected chi connectivity index (χ2v) is 3.65. The number of rotatable bonds is 2. The molecule has 84 valence electrons. The van der Waals surface area contributed by atoms with Crippen LogP contribution in [0.1, 0.15) is 12.5 Å². The highest BCUT2D eigenvalue weighted by Crippen LogP contribution is 2.39. The van der Waals surface area contributed by atoms with E-state index in [0.717, 1.165) is 6.07 Å². The van der Waals surface area contributed by atoms with Crippen LogP contribution < -0.4 is 10.5 Å². The first-order chi connectivity index (χ1) is 6.86. The number of hydrogen-bond acceptors (Lipinski definition) is 2. The third-order valence-electron chi connectivity index (χ3n) is 1.70. The normalized spacial score (nSPS) is 11.5. The zero-order valence-electron chi connectivity index (χ0n) is 7.86. The summed E-state index contributed by atoms with van der Waals surface area (Å²) in [6.07, 6.45) is -4.42. The summed E-state index contributed by atoms with van der Waals surface area (Å²) < 4.78 is 42.3. The third kappa shape index (κ3) is 2.77. The fourth-order valence-corrected chi connectivity index (χ4v) is 1.65. The van der Waals surface area contributed by atoms with Crippen LogP contribution in [-0.4, -0.2) is 6.61 Å². The highest BCUT2D eigenvalue weighted by molar-refractivity contribution is 9.10. The second-order valence-electron chi connectivity index (χ2n) is 2.80. The lowest BCUT2D eigenvalue weighted by Gasteiger charge is -2.13. The largest absolute Gasteiger partial charge is 0.492 e. The van der Waals surface area contributed by atoms with Crippen molar-refractivity contribution in [3.05, 3.63) is 22.2 Å². The summed E-state index contributed by atoms with van der Waals surface area (Å²) in [5, 5.41) is 0. The Labute approximate surface area is 93.3 Å². The van der Waals surface area contributed by atoms with Crippen molar-refractivity contribution in [2.45, 2.75) is 13.1 Å². The van der Waals surface area contributed by atoms with Crippen molar-refractivity contribution in [1.29, 1.82) is 0 Å². The molecule has 0 aromatic heterocycles. The van der Waals surface area contributed by atoms with Crippen LogP contribution >= 0.6 is 15.9 Å². The summed E-state index contributed by atoms with van der Waals surface area (Å²) in [5.74, 6) is 0.0491. The van der Waals surface area contributed by atoms with Crippen molar-refractivity contribution in [3.8, 4) is 5.75 Å². The third-order valence-corrected chi connectivity index (χ3v) is 2.36. The van der Waals surface area contributed by atoms with Gasteiger partial charge in [-0.3, -0.25) is 0 Å². The predicted molar refractivity (Wildman–Crippen MR) is 54.7 cm³/mol. The van der Waals surface area contributed by atoms with Gasteiger partial charge in [0.1, 0.15) is 5.75 Å². The van der Waals surface area contributed by atoms with E-state index < -0.39 is 11.7 Å². The van der Waals surface area contributed by atoms with Gasteiger partial charge in [0.15, 0.2) is 0 Å². The van der Waals surface area contributed by atoms with Crippen molar-refractivity contribution < 1.29 is 17.9 Å². The van der Waals surface area contributed by atoms with Crippen LogP contribution in [0.4, 0.5) is 18.9 Å². The zero-order valence-corrected chi connectivity index (χ0v) is 9.45. The number of anilines is 1. The maximum Gasteiger partial charge on any atom is 0.417 e. The highest BCUT2D eigenvalue weighted by atomic mass is 79.9. The number of benzene rings is 1. The van der Waals surface area contributed by atoms with Gasteiger partial charge in [-0.25, -0.2) is 0 Å². The number of ether oxygens (including phenoxy) is 1. The second kappa shape index (κ2) is 4.30. The lowest BCUT2D eigenvalue weighted by molar-refractivity contribution is -0.138. The van der Waals surface area contributed by atoms with Gasteiger partial charge in [0, 0.05) is 4.47 Å². The Morgan fingerprint density at radius 1 is 1.40 bits per heavy atom. The van der Waals surface area contributed by atoms with E-state index >= 15 is 0 Å². The summed E-state index contributed by atoms with van der Waals surface area (Å²) in [4.78, 5) is 0. The fraction of sp³-hybridized carbons (Fsp3) is 0.333. The van der Waals surface area contributed by atoms with E-state index in [4.69, 9.17) is 10.5 Å². The average Bonchev–Trinajstić information content (AvgIpc) is 2.07. The average molecular weight is 284 g/mol. The van der Waals surface area contributed by atoms with E-state index in [2.05, 4.69) is 15.9 Å². The van der Waals surface area contributed by atoms with Gasteiger partial charge in [-0.15, -0.1) is 0 Å². The van der Waals surface area contributed by atoms with E-state index in [1.54, 1.807) is 6.92 Å². The molecule has 0 spiro atoms. The van der Waals surface area contributed by atoms with Gasteiger partial charge in [-0.05, 0) is 19.1 Å². The van der Waals surface area contributed by atoms with Gasteiger partial charge in [0.2, 0.25) is 0 Å². The molecule has 6 heteroatoms. The first-order valence-electron chi connectivity index (χ1n) is 4.15. The van der Waals surface area contributed by atoms with Crippen LogP contribution in [-0.2, 0) is 6.18 Å². The molecule has 2 N–H and O–H groups in total. The fourth-order valence-electron chi connectivity index (χ4n) is 1.07. The summed E-state index contributed by atoms with van der Waals surface area (Å²) in [6.45, 7) is 1.94. The molecule has 0 heterocycles. The standard InChI is InChI=1S/C9H9BrF3NO/c1-2-15-8-3-5(9(11,12)13)6(10)4-7(8)14/h3-4H,2,14H2,1H3. The summed E-state index contributed by atoms with van der Waals surface area (Å²) in [6, 6.07) is 2.08.